The van der Waals surface area contributed by atoms with Gasteiger partial charge in [-0.2, -0.15) is 0 Å². The first-order chi connectivity index (χ1) is 3.79. The minimum Gasteiger partial charge on any atom is -0.0828 e. The van der Waals surface area contributed by atoms with Crippen LogP contribution in [0.3, 0.4) is 0 Å². The van der Waals surface area contributed by atoms with Gasteiger partial charge < -0.3 is 0 Å². The van der Waals surface area contributed by atoms with Crippen LogP contribution < -0.4 is 0 Å². The third-order valence-corrected chi connectivity index (χ3v) is 1.80. The van der Waals surface area contributed by atoms with Gasteiger partial charge in [0.05, 0.1) is 0 Å². The zero-order valence-electron chi connectivity index (χ0n) is 5.78. The van der Waals surface area contributed by atoms with Crippen molar-refractivity contribution in [3.8, 4) is 0 Å². The molecule has 0 saturated heterocycles. The first-order valence-corrected chi connectivity index (χ1v) is 3.46. The summed E-state index contributed by atoms with van der Waals surface area (Å²) in [4.78, 5) is 0. The molecule has 0 aromatic heterocycles. The van der Waals surface area contributed by atoms with Crippen molar-refractivity contribution < 1.29 is 0 Å². The maximum absolute atomic E-state index is 2.39. The van der Waals surface area contributed by atoms with Crippen LogP contribution in [0.2, 0.25) is 0 Å². The van der Waals surface area contributed by atoms with Crippen LogP contribution in [0.25, 0.3) is 0 Å². The largest absolute Gasteiger partial charge is 0.0828 e. The van der Waals surface area contributed by atoms with Gasteiger partial charge in [-0.25, -0.2) is 0 Å². The minimum absolute atomic E-state index is 0. The highest BCUT2D eigenvalue weighted by atomic mass is 14.1. The summed E-state index contributed by atoms with van der Waals surface area (Å²) in [7, 11) is 0. The fourth-order valence-corrected chi connectivity index (χ4v) is 1.36. The molecule has 1 rings (SSSR count). The van der Waals surface area contributed by atoms with Crippen LogP contribution in [-0.4, -0.2) is 0 Å². The second kappa shape index (κ2) is 3.71. The lowest BCUT2D eigenvalue weighted by Gasteiger charge is -2.13. The van der Waals surface area contributed by atoms with E-state index < -0.39 is 0 Å². The molecule has 1 aliphatic rings. The predicted molar refractivity (Wildman–Crippen MR) is 43.5 cm³/mol. The SMILES string of the molecule is C.CC1=CC(C)CCC1. The van der Waals surface area contributed by atoms with E-state index in [1.807, 2.05) is 0 Å². The third kappa shape index (κ3) is 2.69. The van der Waals surface area contributed by atoms with Crippen LogP contribution in [0.4, 0.5) is 0 Å². The average molecular weight is 126 g/mol. The van der Waals surface area contributed by atoms with Gasteiger partial charge in [-0.05, 0) is 32.1 Å². The highest BCUT2D eigenvalue weighted by molar-refractivity contribution is 5.03. The summed E-state index contributed by atoms with van der Waals surface area (Å²) < 4.78 is 0. The monoisotopic (exact) mass is 126 g/mol. The van der Waals surface area contributed by atoms with E-state index in [0.717, 1.165) is 5.92 Å². The summed E-state index contributed by atoms with van der Waals surface area (Å²) in [5.74, 6) is 0.851. The molecule has 0 amide bonds. The molecule has 0 bridgehead atoms. The van der Waals surface area contributed by atoms with Crippen LogP contribution in [0.15, 0.2) is 11.6 Å². The van der Waals surface area contributed by atoms with Gasteiger partial charge in [0.15, 0.2) is 0 Å². The first-order valence-electron chi connectivity index (χ1n) is 3.46. The van der Waals surface area contributed by atoms with E-state index in [4.69, 9.17) is 0 Å². The Kier molecular flexibility index (Phi) is 3.60. The zero-order valence-corrected chi connectivity index (χ0v) is 5.78. The lowest BCUT2D eigenvalue weighted by Crippen LogP contribution is -1.97. The average Bonchev–Trinajstić information content (AvgIpc) is 1.64. The lowest BCUT2D eigenvalue weighted by atomic mass is 9.93. The molecule has 0 saturated carbocycles. The molecule has 0 radical (unpaired) electrons. The molecule has 0 heteroatoms. The molecular weight excluding hydrogens is 108 g/mol. The smallest absolute Gasteiger partial charge is 0.0259 e. The number of allylic oxidation sites excluding steroid dienone is 2. The highest BCUT2D eigenvalue weighted by Crippen LogP contribution is 2.20. The molecule has 0 heterocycles. The number of hydrogen-bond donors (Lipinski definition) is 0. The van der Waals surface area contributed by atoms with E-state index in [1.165, 1.54) is 19.3 Å². The molecular formula is C9H18. The summed E-state index contributed by atoms with van der Waals surface area (Å²) in [6.07, 6.45) is 6.54. The molecule has 0 nitrogen and oxygen atoms in total. The van der Waals surface area contributed by atoms with Crippen LogP contribution in [0.5, 0.6) is 0 Å². The Balaban J connectivity index is 0.000000640. The van der Waals surface area contributed by atoms with Crippen LogP contribution >= 0.6 is 0 Å². The van der Waals surface area contributed by atoms with Gasteiger partial charge in [-0.15, -0.1) is 0 Å². The van der Waals surface area contributed by atoms with Crippen molar-refractivity contribution in [1.82, 2.24) is 0 Å². The zero-order chi connectivity index (χ0) is 5.98. The highest BCUT2D eigenvalue weighted by Gasteiger charge is 2.04. The molecule has 0 aromatic carbocycles. The molecule has 0 fully saturated rings. The van der Waals surface area contributed by atoms with E-state index in [0.29, 0.717) is 0 Å². The molecule has 54 valence electrons. The molecule has 0 N–H and O–H groups in total. The van der Waals surface area contributed by atoms with Gasteiger partial charge in [0, 0.05) is 0 Å². The molecule has 1 aliphatic carbocycles. The summed E-state index contributed by atoms with van der Waals surface area (Å²) in [6.45, 7) is 4.53. The van der Waals surface area contributed by atoms with Crippen molar-refractivity contribution in [2.75, 3.05) is 0 Å². The van der Waals surface area contributed by atoms with E-state index in [1.54, 1.807) is 5.57 Å². The second-order valence-corrected chi connectivity index (χ2v) is 2.88. The standard InChI is InChI=1S/C8H14.CH4/c1-7-4-3-5-8(2)6-7;/h6-7H,3-5H2,1-2H3;1H4. The second-order valence-electron chi connectivity index (χ2n) is 2.88. The van der Waals surface area contributed by atoms with Gasteiger partial charge in [-0.1, -0.05) is 26.0 Å². The molecule has 1 unspecified atom stereocenters. The van der Waals surface area contributed by atoms with Gasteiger partial charge >= 0.3 is 0 Å². The van der Waals surface area contributed by atoms with E-state index in [2.05, 4.69) is 19.9 Å². The van der Waals surface area contributed by atoms with E-state index in [-0.39, 0.29) is 7.43 Å². The summed E-state index contributed by atoms with van der Waals surface area (Å²) >= 11 is 0. The Morgan fingerprint density at radius 3 is 2.56 bits per heavy atom. The predicted octanol–water partition coefficient (Wildman–Crippen LogP) is 3.39. The van der Waals surface area contributed by atoms with E-state index in [9.17, 15) is 0 Å². The molecule has 0 spiro atoms. The van der Waals surface area contributed by atoms with Crippen molar-refractivity contribution in [1.29, 1.82) is 0 Å². The Bertz CT molecular complexity index is 101. The lowest BCUT2D eigenvalue weighted by molar-refractivity contribution is 0.568. The summed E-state index contributed by atoms with van der Waals surface area (Å²) in [5, 5.41) is 0. The van der Waals surface area contributed by atoms with Gasteiger partial charge in [0.25, 0.3) is 0 Å². The normalized spacial score (nSPS) is 26.4. The summed E-state index contributed by atoms with van der Waals surface area (Å²) in [6, 6.07) is 0. The van der Waals surface area contributed by atoms with Crippen molar-refractivity contribution in [3.05, 3.63) is 11.6 Å². The molecule has 9 heavy (non-hydrogen) atoms. The van der Waals surface area contributed by atoms with Gasteiger partial charge in [0.2, 0.25) is 0 Å². The fraction of sp³-hybridized carbons (Fsp3) is 0.778. The van der Waals surface area contributed by atoms with Crippen LogP contribution in [0, 0.1) is 5.92 Å². The van der Waals surface area contributed by atoms with Crippen molar-refractivity contribution in [2.24, 2.45) is 5.92 Å². The summed E-state index contributed by atoms with van der Waals surface area (Å²) in [5.41, 5.74) is 1.59. The van der Waals surface area contributed by atoms with Crippen molar-refractivity contribution in [2.45, 2.75) is 40.5 Å². The maximum Gasteiger partial charge on any atom is -0.0259 e. The molecule has 1 atom stereocenters. The topological polar surface area (TPSA) is 0 Å². The molecule has 0 aliphatic heterocycles. The van der Waals surface area contributed by atoms with Crippen molar-refractivity contribution in [3.63, 3.8) is 0 Å². The fourth-order valence-electron chi connectivity index (χ4n) is 1.36. The van der Waals surface area contributed by atoms with Gasteiger partial charge in [0.1, 0.15) is 0 Å². The Morgan fingerprint density at radius 2 is 2.22 bits per heavy atom. The quantitative estimate of drug-likeness (QED) is 0.436. The Morgan fingerprint density at radius 1 is 1.56 bits per heavy atom. The third-order valence-electron chi connectivity index (χ3n) is 1.80. The number of hydrogen-bond acceptors (Lipinski definition) is 0. The maximum atomic E-state index is 2.39. The minimum atomic E-state index is 0. The van der Waals surface area contributed by atoms with E-state index >= 15 is 0 Å². The Hall–Kier alpha value is -0.260. The Labute approximate surface area is 59.0 Å². The van der Waals surface area contributed by atoms with Gasteiger partial charge in [-0.3, -0.25) is 0 Å². The number of rotatable bonds is 0. The molecule has 0 aromatic rings. The van der Waals surface area contributed by atoms with Crippen LogP contribution in [-0.2, 0) is 0 Å². The van der Waals surface area contributed by atoms with Crippen LogP contribution in [0.1, 0.15) is 40.5 Å². The van der Waals surface area contributed by atoms with Crippen molar-refractivity contribution >= 4 is 0 Å². The first kappa shape index (κ1) is 8.74.